The summed E-state index contributed by atoms with van der Waals surface area (Å²) in [7, 11) is -2.99. The number of hydrogen-bond donors (Lipinski definition) is 0. The molecule has 0 fully saturated rings. The minimum absolute atomic E-state index is 0. The topological polar surface area (TPSA) is 0 Å². The predicted octanol–water partition coefficient (Wildman–Crippen LogP) is 5.24. The minimum atomic E-state index is -5.88. The molecule has 0 saturated carbocycles. The van der Waals surface area contributed by atoms with Crippen molar-refractivity contribution in [3.05, 3.63) is 125 Å². The lowest BCUT2D eigenvalue weighted by Crippen LogP contribution is -3.00. The summed E-state index contributed by atoms with van der Waals surface area (Å²) < 4.78 is 124. The van der Waals surface area contributed by atoms with Gasteiger partial charge in [0, 0.05) is 0 Å². The molecule has 0 aliphatic carbocycles. The highest BCUT2D eigenvalue weighted by molar-refractivity contribution is 7.95. The second-order valence-electron chi connectivity index (χ2n) is 8.53. The maximum Gasteiger partial charge on any atom is 0.417 e. The van der Waals surface area contributed by atoms with Gasteiger partial charge >= 0.3 is 18.5 Å². The fraction of sp³-hybridized carbons (Fsp3) is 0.143. The van der Waals surface area contributed by atoms with Crippen LogP contribution >= 0.6 is 7.26 Å². The van der Waals surface area contributed by atoms with Gasteiger partial charge in [-0.05, 0) is 54.1 Å². The molecule has 206 valence electrons. The molecule has 0 unspecified atom stereocenters. The van der Waals surface area contributed by atoms with E-state index >= 15 is 0 Å². The summed E-state index contributed by atoms with van der Waals surface area (Å²) in [5.41, 5.74) is -7.95. The first-order valence-corrected chi connectivity index (χ1v) is 13.2. The van der Waals surface area contributed by atoms with Crippen molar-refractivity contribution in [1.82, 2.24) is 0 Å². The van der Waals surface area contributed by atoms with Crippen molar-refractivity contribution in [2.45, 2.75) is 24.7 Å². The fourth-order valence-corrected chi connectivity index (χ4v) is 8.80. The van der Waals surface area contributed by atoms with Gasteiger partial charge in [0.15, 0.2) is 0 Å². The van der Waals surface area contributed by atoms with Crippen LogP contribution in [-0.4, -0.2) is 0 Å². The van der Waals surface area contributed by atoms with Gasteiger partial charge in [0.25, 0.3) is 0 Å². The molecule has 0 heterocycles. The average Bonchev–Trinajstić information content (AvgIpc) is 2.87. The summed E-state index contributed by atoms with van der Waals surface area (Å²) >= 11 is 0. The highest BCUT2D eigenvalue weighted by atomic mass is 35.5. The van der Waals surface area contributed by atoms with Crippen molar-refractivity contribution < 1.29 is 51.9 Å². The van der Waals surface area contributed by atoms with Crippen LogP contribution in [0.4, 0.5) is 39.5 Å². The zero-order chi connectivity index (χ0) is 27.8. The second kappa shape index (κ2) is 11.2. The molecule has 0 aliphatic rings. The molecule has 0 aromatic heterocycles. The molecule has 0 N–H and O–H groups in total. The number of halogens is 10. The fourth-order valence-electron chi connectivity index (χ4n) is 4.59. The first-order chi connectivity index (χ1) is 17.7. The van der Waals surface area contributed by atoms with E-state index in [1.807, 2.05) is 0 Å². The maximum absolute atomic E-state index is 13.9. The highest BCUT2D eigenvalue weighted by Crippen LogP contribution is 2.59. The van der Waals surface area contributed by atoms with E-state index in [4.69, 9.17) is 0 Å². The van der Waals surface area contributed by atoms with E-state index < -0.39 is 48.0 Å². The SMILES string of the molecule is FC(F)(F)c1cc(C[P+](c2ccccc2)(c2ccccc2)c2ccccc2)cc(C(F)(F)F)c1C(F)(F)F.[Cl-]. The Balaban J connectivity index is 0.00000420. The molecule has 39 heavy (non-hydrogen) atoms. The number of alkyl halides is 9. The van der Waals surface area contributed by atoms with Crippen molar-refractivity contribution in [3.8, 4) is 0 Å². The first-order valence-electron chi connectivity index (χ1n) is 11.2. The van der Waals surface area contributed by atoms with Crippen molar-refractivity contribution >= 4 is 23.2 Å². The third-order valence-electron chi connectivity index (χ3n) is 6.10. The first kappa shape index (κ1) is 30.5. The van der Waals surface area contributed by atoms with E-state index in [0.29, 0.717) is 15.9 Å². The highest BCUT2D eigenvalue weighted by Gasteiger charge is 2.52. The lowest BCUT2D eigenvalue weighted by molar-refractivity contribution is -0.174. The molecule has 4 rings (SSSR count). The summed E-state index contributed by atoms with van der Waals surface area (Å²) in [5, 5.41) is 1.96. The summed E-state index contributed by atoms with van der Waals surface area (Å²) in [5.74, 6) is 0. The molecule has 0 saturated heterocycles. The van der Waals surface area contributed by atoms with Crippen LogP contribution in [0.2, 0.25) is 0 Å². The molecule has 0 spiro atoms. The van der Waals surface area contributed by atoms with Crippen LogP contribution in [0, 0.1) is 0 Å². The van der Waals surface area contributed by atoms with E-state index in [1.165, 1.54) is 0 Å². The van der Waals surface area contributed by atoms with Gasteiger partial charge in [-0.15, -0.1) is 0 Å². The minimum Gasteiger partial charge on any atom is -1.00 e. The van der Waals surface area contributed by atoms with Crippen LogP contribution in [0.1, 0.15) is 22.3 Å². The molecule has 4 aromatic rings. The van der Waals surface area contributed by atoms with Crippen molar-refractivity contribution in [3.63, 3.8) is 0 Å². The van der Waals surface area contributed by atoms with Gasteiger partial charge in [0.2, 0.25) is 0 Å². The molecule has 0 bridgehead atoms. The van der Waals surface area contributed by atoms with Crippen LogP contribution in [0.25, 0.3) is 0 Å². The molecular formula is C28H19ClF9P. The summed E-state index contributed by atoms with van der Waals surface area (Å²) in [4.78, 5) is 0. The van der Waals surface area contributed by atoms with E-state index in [9.17, 15) is 39.5 Å². The Hall–Kier alpha value is -3.03. The number of benzene rings is 4. The Morgan fingerprint density at radius 2 is 0.769 bits per heavy atom. The molecule has 0 nitrogen and oxygen atoms in total. The zero-order valence-corrected chi connectivity index (χ0v) is 21.4. The van der Waals surface area contributed by atoms with Gasteiger partial charge in [-0.2, -0.15) is 39.5 Å². The number of hydrogen-bond acceptors (Lipinski definition) is 0. The van der Waals surface area contributed by atoms with Gasteiger partial charge in [-0.1, -0.05) is 54.6 Å². The van der Waals surface area contributed by atoms with E-state index in [1.54, 1.807) is 91.0 Å². The third-order valence-corrected chi connectivity index (χ3v) is 10.5. The molecule has 4 aromatic carbocycles. The van der Waals surface area contributed by atoms with Gasteiger partial charge in [0.1, 0.15) is 23.2 Å². The summed E-state index contributed by atoms with van der Waals surface area (Å²) in [6.45, 7) is 0. The molecule has 0 amide bonds. The molecule has 0 atom stereocenters. The molecule has 0 aliphatic heterocycles. The Kier molecular flexibility index (Phi) is 8.78. The monoisotopic (exact) mass is 592 g/mol. The van der Waals surface area contributed by atoms with Crippen LogP contribution in [0.15, 0.2) is 103 Å². The standard InChI is InChI=1S/C28H19F9P.ClH/c29-26(30,31)23-16-19(17-24(27(32,33)34)25(23)28(35,36)37)18-38(20-10-4-1-5-11-20,21-12-6-2-7-13-21)22-14-8-3-9-15-22;/h1-17H,18H2;1H/q+1;/p-1. The Morgan fingerprint density at radius 3 is 1.03 bits per heavy atom. The van der Waals surface area contributed by atoms with Gasteiger partial charge in [0.05, 0.1) is 22.9 Å². The van der Waals surface area contributed by atoms with E-state index in [-0.39, 0.29) is 30.7 Å². The quantitative estimate of drug-likeness (QED) is 0.220. The predicted molar refractivity (Wildman–Crippen MR) is 130 cm³/mol. The van der Waals surface area contributed by atoms with Gasteiger partial charge in [-0.3, -0.25) is 0 Å². The Labute approximate surface area is 225 Å². The molecule has 0 radical (unpaired) electrons. The van der Waals surface area contributed by atoms with Crippen LogP contribution in [0.3, 0.4) is 0 Å². The molecule has 11 heteroatoms. The van der Waals surface area contributed by atoms with Crippen molar-refractivity contribution in [2.75, 3.05) is 0 Å². The maximum atomic E-state index is 13.9. The molecular weight excluding hydrogens is 574 g/mol. The van der Waals surface area contributed by atoms with Crippen molar-refractivity contribution in [2.24, 2.45) is 0 Å². The Morgan fingerprint density at radius 1 is 0.462 bits per heavy atom. The van der Waals surface area contributed by atoms with Crippen molar-refractivity contribution in [1.29, 1.82) is 0 Å². The van der Waals surface area contributed by atoms with E-state index in [2.05, 4.69) is 0 Å². The zero-order valence-electron chi connectivity index (χ0n) is 19.7. The Bertz CT molecular complexity index is 1250. The van der Waals surface area contributed by atoms with Crippen LogP contribution in [-0.2, 0) is 24.7 Å². The van der Waals surface area contributed by atoms with Gasteiger partial charge < -0.3 is 12.4 Å². The van der Waals surface area contributed by atoms with Crippen LogP contribution < -0.4 is 28.3 Å². The second-order valence-corrected chi connectivity index (χ2v) is 12.0. The third kappa shape index (κ3) is 6.25. The smallest absolute Gasteiger partial charge is 0.417 e. The van der Waals surface area contributed by atoms with E-state index in [0.717, 1.165) is 0 Å². The lowest BCUT2D eigenvalue weighted by atomic mass is 9.96. The summed E-state index contributed by atoms with van der Waals surface area (Å²) in [6, 6.07) is 26.1. The number of rotatable bonds is 5. The van der Waals surface area contributed by atoms with Gasteiger partial charge in [-0.25, -0.2) is 0 Å². The average molecular weight is 593 g/mol. The normalized spacial score (nSPS) is 12.6. The lowest BCUT2D eigenvalue weighted by Gasteiger charge is -2.29. The largest absolute Gasteiger partial charge is 1.00 e. The van der Waals surface area contributed by atoms with Crippen LogP contribution in [0.5, 0.6) is 0 Å². The summed E-state index contributed by atoms with van der Waals surface area (Å²) in [6.07, 6.45) is -17.6.